The number of aromatic nitrogens is 1. The van der Waals surface area contributed by atoms with Crippen LogP contribution in [0.1, 0.15) is 43.1 Å². The third-order valence-corrected chi connectivity index (χ3v) is 4.99. The molecule has 0 bridgehead atoms. The summed E-state index contributed by atoms with van der Waals surface area (Å²) in [6, 6.07) is 10.8. The molecule has 0 fully saturated rings. The van der Waals surface area contributed by atoms with Crippen molar-refractivity contribution >= 4 is 41.3 Å². The number of hydrogen-bond acceptors (Lipinski definition) is 4. The molecule has 0 aliphatic heterocycles. The van der Waals surface area contributed by atoms with Crippen LogP contribution < -0.4 is 16.0 Å². The summed E-state index contributed by atoms with van der Waals surface area (Å²) in [5.74, 6) is 0.819. The van der Waals surface area contributed by atoms with Crippen molar-refractivity contribution in [2.45, 2.75) is 45.7 Å². The molecule has 1 aromatic carbocycles. The second-order valence-corrected chi connectivity index (χ2v) is 8.18. The number of thiazole rings is 1. The van der Waals surface area contributed by atoms with Gasteiger partial charge in [-0.1, -0.05) is 30.3 Å². The van der Waals surface area contributed by atoms with Crippen LogP contribution in [0.4, 0.5) is 0 Å². The van der Waals surface area contributed by atoms with E-state index in [4.69, 9.17) is 0 Å². The van der Waals surface area contributed by atoms with E-state index in [0.717, 1.165) is 36.2 Å². The van der Waals surface area contributed by atoms with Crippen LogP contribution in [0, 0.1) is 6.92 Å². The lowest BCUT2D eigenvalue weighted by Gasteiger charge is -2.31. The summed E-state index contributed by atoms with van der Waals surface area (Å²) in [5.41, 5.74) is 2.36. The maximum Gasteiger partial charge on any atom is 0.191 e. The van der Waals surface area contributed by atoms with E-state index in [1.54, 1.807) is 18.4 Å². The van der Waals surface area contributed by atoms with Gasteiger partial charge >= 0.3 is 0 Å². The summed E-state index contributed by atoms with van der Waals surface area (Å²) >= 11 is 1.69. The Balaban J connectivity index is 0.00000364. The molecule has 5 nitrogen and oxygen atoms in total. The molecule has 0 spiro atoms. The highest BCUT2D eigenvalue weighted by Crippen LogP contribution is 2.15. The highest BCUT2D eigenvalue weighted by atomic mass is 127. The van der Waals surface area contributed by atoms with Gasteiger partial charge in [0, 0.05) is 43.5 Å². The second-order valence-electron chi connectivity index (χ2n) is 7.12. The van der Waals surface area contributed by atoms with E-state index in [1.807, 2.05) is 13.0 Å². The summed E-state index contributed by atoms with van der Waals surface area (Å²) in [4.78, 5) is 8.80. The van der Waals surface area contributed by atoms with Gasteiger partial charge in [-0.2, -0.15) is 0 Å². The van der Waals surface area contributed by atoms with Crippen molar-refractivity contribution in [3.05, 3.63) is 52.0 Å². The Morgan fingerprint density at radius 2 is 1.93 bits per heavy atom. The Kier molecular flexibility index (Phi) is 10.3. The highest BCUT2D eigenvalue weighted by molar-refractivity contribution is 14.0. The lowest BCUT2D eigenvalue weighted by atomic mass is 10.0. The molecule has 1 atom stereocenters. The molecule has 0 radical (unpaired) electrons. The predicted molar refractivity (Wildman–Crippen MR) is 127 cm³/mol. The third kappa shape index (κ3) is 8.57. The topological polar surface area (TPSA) is 61.3 Å². The first-order valence-electron chi connectivity index (χ1n) is 9.08. The van der Waals surface area contributed by atoms with Gasteiger partial charge in [0.2, 0.25) is 0 Å². The van der Waals surface area contributed by atoms with E-state index >= 15 is 0 Å². The molecule has 27 heavy (non-hydrogen) atoms. The van der Waals surface area contributed by atoms with Crippen LogP contribution in [0.5, 0.6) is 0 Å². The lowest BCUT2D eigenvalue weighted by Crippen LogP contribution is -2.52. The quantitative estimate of drug-likeness (QED) is 0.292. The molecule has 1 unspecified atom stereocenters. The van der Waals surface area contributed by atoms with Gasteiger partial charge in [-0.15, -0.1) is 35.3 Å². The minimum absolute atomic E-state index is 0. The summed E-state index contributed by atoms with van der Waals surface area (Å²) in [5, 5.41) is 13.7. The predicted octanol–water partition coefficient (Wildman–Crippen LogP) is 3.91. The van der Waals surface area contributed by atoms with Crippen molar-refractivity contribution in [3.8, 4) is 0 Å². The molecule has 0 aliphatic carbocycles. The van der Waals surface area contributed by atoms with E-state index < -0.39 is 0 Å². The van der Waals surface area contributed by atoms with Gasteiger partial charge < -0.3 is 16.0 Å². The summed E-state index contributed by atoms with van der Waals surface area (Å²) in [7, 11) is 1.80. The van der Waals surface area contributed by atoms with Gasteiger partial charge in [0.15, 0.2) is 5.96 Å². The van der Waals surface area contributed by atoms with Crippen molar-refractivity contribution in [1.29, 1.82) is 0 Å². The number of nitrogens with one attached hydrogen (secondary N) is 3. The van der Waals surface area contributed by atoms with E-state index in [1.165, 1.54) is 5.56 Å². The number of halogens is 1. The average Bonchev–Trinajstić information content (AvgIpc) is 3.03. The third-order valence-electron chi connectivity index (χ3n) is 4.17. The van der Waals surface area contributed by atoms with Gasteiger partial charge in [0.05, 0.1) is 10.7 Å². The first kappa shape index (κ1) is 23.8. The van der Waals surface area contributed by atoms with Gasteiger partial charge in [-0.05, 0) is 33.3 Å². The largest absolute Gasteiger partial charge is 0.356 e. The monoisotopic (exact) mass is 501 g/mol. The zero-order chi connectivity index (χ0) is 19.0. The maximum atomic E-state index is 4.49. The van der Waals surface area contributed by atoms with Crippen LogP contribution in [0.15, 0.2) is 40.7 Å². The van der Waals surface area contributed by atoms with Crippen LogP contribution in [0.25, 0.3) is 0 Å². The number of guanidine groups is 1. The summed E-state index contributed by atoms with van der Waals surface area (Å²) in [6.07, 6.45) is 0.901. The molecule has 0 amide bonds. The molecule has 2 aromatic rings. The molecular weight excluding hydrogens is 469 g/mol. The number of rotatable bonds is 8. The minimum atomic E-state index is -0.0705. The molecule has 2 rings (SSSR count). The van der Waals surface area contributed by atoms with Crippen molar-refractivity contribution < 1.29 is 0 Å². The van der Waals surface area contributed by atoms with Crippen LogP contribution >= 0.6 is 35.3 Å². The van der Waals surface area contributed by atoms with Gasteiger partial charge in [0.25, 0.3) is 0 Å². The molecule has 1 aromatic heterocycles. The Morgan fingerprint density at radius 1 is 1.22 bits per heavy atom. The molecule has 0 saturated carbocycles. The molecule has 0 saturated heterocycles. The number of aliphatic imine (C=N–C) groups is 1. The molecule has 7 heteroatoms. The van der Waals surface area contributed by atoms with Crippen molar-refractivity contribution in [2.24, 2.45) is 4.99 Å². The van der Waals surface area contributed by atoms with Crippen LogP contribution in [0.2, 0.25) is 0 Å². The van der Waals surface area contributed by atoms with E-state index in [2.05, 4.69) is 76.3 Å². The Bertz CT molecular complexity index is 699. The summed E-state index contributed by atoms with van der Waals surface area (Å²) in [6.45, 7) is 10.2. The fraction of sp³-hybridized carbons (Fsp3) is 0.500. The van der Waals surface area contributed by atoms with Crippen molar-refractivity contribution in [2.75, 3.05) is 20.1 Å². The maximum absolute atomic E-state index is 4.49. The zero-order valence-corrected chi connectivity index (χ0v) is 20.0. The van der Waals surface area contributed by atoms with Gasteiger partial charge in [0.1, 0.15) is 0 Å². The Hall–Kier alpha value is -1.19. The minimum Gasteiger partial charge on any atom is -0.356 e. The normalized spacial score (nSPS) is 13.0. The van der Waals surface area contributed by atoms with Gasteiger partial charge in [-0.3, -0.25) is 4.99 Å². The zero-order valence-electron chi connectivity index (χ0n) is 16.9. The standard InChI is InChI=1S/C20H31N5S.HI/c1-15(17-9-7-6-8-10-17)25-20(3,4)14-23-19(21-5)22-12-11-18-13-26-16(2)24-18;/h6-10,13,15,25H,11-12,14H2,1-5H3,(H2,21,22,23);1H. The van der Waals surface area contributed by atoms with Crippen molar-refractivity contribution in [1.82, 2.24) is 20.9 Å². The van der Waals surface area contributed by atoms with Crippen LogP contribution in [-0.4, -0.2) is 36.6 Å². The van der Waals surface area contributed by atoms with Crippen molar-refractivity contribution in [3.63, 3.8) is 0 Å². The Morgan fingerprint density at radius 3 is 2.52 bits per heavy atom. The van der Waals surface area contributed by atoms with Gasteiger partial charge in [-0.25, -0.2) is 4.98 Å². The van der Waals surface area contributed by atoms with E-state index in [0.29, 0.717) is 0 Å². The highest BCUT2D eigenvalue weighted by Gasteiger charge is 2.21. The van der Waals surface area contributed by atoms with Crippen LogP contribution in [0.3, 0.4) is 0 Å². The van der Waals surface area contributed by atoms with E-state index in [-0.39, 0.29) is 35.6 Å². The molecule has 1 heterocycles. The first-order valence-corrected chi connectivity index (χ1v) is 9.96. The fourth-order valence-electron chi connectivity index (χ4n) is 2.82. The SMILES string of the molecule is CN=C(NCCc1csc(C)n1)NCC(C)(C)NC(C)c1ccccc1.I. The average molecular weight is 501 g/mol. The van der Waals surface area contributed by atoms with E-state index in [9.17, 15) is 0 Å². The molecular formula is C20H32IN5S. The first-order chi connectivity index (χ1) is 12.4. The number of aryl methyl sites for hydroxylation is 1. The number of nitrogens with zero attached hydrogens (tertiary/aromatic N) is 2. The molecule has 3 N–H and O–H groups in total. The molecule has 0 aliphatic rings. The lowest BCUT2D eigenvalue weighted by molar-refractivity contribution is 0.345. The Labute approximate surface area is 184 Å². The second kappa shape index (κ2) is 11.6. The fourth-order valence-corrected chi connectivity index (χ4v) is 3.47. The number of hydrogen-bond donors (Lipinski definition) is 3. The van der Waals surface area contributed by atoms with Crippen LogP contribution in [-0.2, 0) is 6.42 Å². The molecule has 150 valence electrons. The number of benzene rings is 1. The smallest absolute Gasteiger partial charge is 0.191 e. The summed E-state index contributed by atoms with van der Waals surface area (Å²) < 4.78 is 0.